The highest BCUT2D eigenvalue weighted by atomic mass is 16.1. The summed E-state index contributed by atoms with van der Waals surface area (Å²) in [6.45, 7) is 0. The van der Waals surface area contributed by atoms with E-state index >= 15 is 0 Å². The highest BCUT2D eigenvalue weighted by Gasteiger charge is 2.18. The molecule has 0 bridgehead atoms. The van der Waals surface area contributed by atoms with Gasteiger partial charge in [0.1, 0.15) is 0 Å². The molecular formula is C31H23NO. The number of aromatic nitrogens is 1. The molecule has 5 aromatic rings. The van der Waals surface area contributed by atoms with E-state index in [1.54, 1.807) is 6.08 Å². The molecule has 2 heteroatoms. The lowest BCUT2D eigenvalue weighted by Crippen LogP contribution is -2.00. The summed E-state index contributed by atoms with van der Waals surface area (Å²) < 4.78 is 2.28. The molecule has 0 fully saturated rings. The second kappa shape index (κ2) is 9.37. The Bertz CT molecular complexity index is 1380. The first-order valence-electron chi connectivity index (χ1n) is 11.0. The number of nitrogens with zero attached hydrogens (tertiary/aromatic N) is 1. The van der Waals surface area contributed by atoms with E-state index in [0.29, 0.717) is 5.56 Å². The second-order valence-electron chi connectivity index (χ2n) is 7.80. The van der Waals surface area contributed by atoms with E-state index in [1.165, 1.54) is 0 Å². The minimum atomic E-state index is -0.0108. The van der Waals surface area contributed by atoms with Crippen LogP contribution in [-0.2, 0) is 0 Å². The molecule has 0 aliphatic carbocycles. The lowest BCUT2D eigenvalue weighted by atomic mass is 10.1. The van der Waals surface area contributed by atoms with Crippen molar-refractivity contribution < 1.29 is 4.79 Å². The maximum atomic E-state index is 12.8. The Labute approximate surface area is 194 Å². The Morgan fingerprint density at radius 1 is 0.606 bits per heavy atom. The molecule has 0 aliphatic heterocycles. The lowest BCUT2D eigenvalue weighted by Gasteiger charge is -2.15. The van der Waals surface area contributed by atoms with Crippen molar-refractivity contribution in [2.24, 2.45) is 0 Å². The van der Waals surface area contributed by atoms with Crippen molar-refractivity contribution in [3.63, 3.8) is 0 Å². The summed E-state index contributed by atoms with van der Waals surface area (Å²) in [5.74, 6) is -0.0108. The van der Waals surface area contributed by atoms with Gasteiger partial charge in [0, 0.05) is 16.8 Å². The van der Waals surface area contributed by atoms with E-state index in [-0.39, 0.29) is 5.78 Å². The van der Waals surface area contributed by atoms with E-state index in [2.05, 4.69) is 47.0 Å². The molecule has 1 aromatic heterocycles. The molecule has 4 aromatic carbocycles. The molecule has 5 rings (SSSR count). The van der Waals surface area contributed by atoms with Gasteiger partial charge in [-0.3, -0.25) is 4.79 Å². The van der Waals surface area contributed by atoms with Gasteiger partial charge in [0.2, 0.25) is 0 Å². The first-order chi connectivity index (χ1) is 16.3. The van der Waals surface area contributed by atoms with Crippen molar-refractivity contribution >= 4 is 11.9 Å². The fraction of sp³-hybridized carbons (Fsp3) is 0. The number of carbonyl (C=O) groups excluding carboxylic acids is 1. The fourth-order valence-corrected chi connectivity index (χ4v) is 4.08. The van der Waals surface area contributed by atoms with Crippen molar-refractivity contribution in [3.05, 3.63) is 145 Å². The van der Waals surface area contributed by atoms with Crippen molar-refractivity contribution in [1.82, 2.24) is 4.57 Å². The number of allylic oxidation sites excluding steroid dienone is 1. The zero-order valence-corrected chi connectivity index (χ0v) is 18.1. The fourth-order valence-electron chi connectivity index (χ4n) is 4.08. The maximum Gasteiger partial charge on any atom is 0.185 e. The molecule has 1 heterocycles. The number of para-hydroxylation sites is 1. The SMILES string of the molecule is O=C(/C=C/c1cc(-c2ccccc2)n(-c2ccccc2)c1-c1ccccc1)c1ccccc1. The predicted molar refractivity (Wildman–Crippen MR) is 136 cm³/mol. The summed E-state index contributed by atoms with van der Waals surface area (Å²) in [5.41, 5.74) is 7.09. The van der Waals surface area contributed by atoms with Gasteiger partial charge in [-0.1, -0.05) is 109 Å². The third-order valence-electron chi connectivity index (χ3n) is 5.63. The normalized spacial score (nSPS) is 11.0. The summed E-state index contributed by atoms with van der Waals surface area (Å²) >= 11 is 0. The molecule has 0 atom stereocenters. The van der Waals surface area contributed by atoms with Crippen LogP contribution in [0.4, 0.5) is 0 Å². The minimum Gasteiger partial charge on any atom is -0.309 e. The Morgan fingerprint density at radius 2 is 1.12 bits per heavy atom. The molecule has 0 saturated heterocycles. The van der Waals surface area contributed by atoms with Crippen LogP contribution in [-0.4, -0.2) is 10.4 Å². The van der Waals surface area contributed by atoms with Gasteiger partial charge in [0.25, 0.3) is 0 Å². The van der Waals surface area contributed by atoms with Crippen LogP contribution in [0.15, 0.2) is 133 Å². The topological polar surface area (TPSA) is 22.0 Å². The Hall–Kier alpha value is -4.43. The monoisotopic (exact) mass is 425 g/mol. The van der Waals surface area contributed by atoms with Gasteiger partial charge in [-0.05, 0) is 41.5 Å². The highest BCUT2D eigenvalue weighted by molar-refractivity contribution is 6.07. The maximum absolute atomic E-state index is 12.8. The molecule has 0 saturated carbocycles. The number of ketones is 1. The van der Waals surface area contributed by atoms with Crippen LogP contribution in [0.2, 0.25) is 0 Å². The molecule has 33 heavy (non-hydrogen) atoms. The molecule has 0 amide bonds. The third kappa shape index (κ3) is 4.32. The highest BCUT2D eigenvalue weighted by Crippen LogP contribution is 2.36. The van der Waals surface area contributed by atoms with Crippen LogP contribution in [0.3, 0.4) is 0 Å². The molecular weight excluding hydrogens is 402 g/mol. The van der Waals surface area contributed by atoms with Crippen LogP contribution in [0.1, 0.15) is 15.9 Å². The molecule has 0 N–H and O–H groups in total. The van der Waals surface area contributed by atoms with Gasteiger partial charge in [-0.25, -0.2) is 0 Å². The van der Waals surface area contributed by atoms with Gasteiger partial charge < -0.3 is 4.57 Å². The largest absolute Gasteiger partial charge is 0.309 e. The van der Waals surface area contributed by atoms with Crippen molar-refractivity contribution in [2.75, 3.05) is 0 Å². The number of rotatable bonds is 6. The smallest absolute Gasteiger partial charge is 0.185 e. The minimum absolute atomic E-state index is 0.0108. The number of hydrogen-bond acceptors (Lipinski definition) is 1. The summed E-state index contributed by atoms with van der Waals surface area (Å²) in [4.78, 5) is 12.8. The summed E-state index contributed by atoms with van der Waals surface area (Å²) in [7, 11) is 0. The van der Waals surface area contributed by atoms with Gasteiger partial charge in [0.05, 0.1) is 11.4 Å². The predicted octanol–water partition coefficient (Wildman–Crippen LogP) is 7.71. The van der Waals surface area contributed by atoms with Gasteiger partial charge in [-0.15, -0.1) is 0 Å². The standard InChI is InChI=1S/C31H23NO/c33-30(25-15-7-2-8-16-25)22-21-27-23-29(24-13-5-1-6-14-24)32(28-19-11-4-12-20-28)31(27)26-17-9-3-10-18-26/h1-23H/b22-21+. The number of hydrogen-bond donors (Lipinski definition) is 0. The number of carbonyl (C=O) groups is 1. The van der Waals surface area contributed by atoms with Crippen LogP contribution in [0.5, 0.6) is 0 Å². The van der Waals surface area contributed by atoms with Gasteiger partial charge in [-0.2, -0.15) is 0 Å². The number of benzene rings is 4. The molecule has 0 unspecified atom stereocenters. The summed E-state index contributed by atoms with van der Waals surface area (Å²) in [5, 5.41) is 0. The van der Waals surface area contributed by atoms with E-state index in [0.717, 1.165) is 33.8 Å². The zero-order chi connectivity index (χ0) is 22.5. The molecule has 0 aliphatic rings. The van der Waals surface area contributed by atoms with Crippen LogP contribution in [0.25, 0.3) is 34.3 Å². The average Bonchev–Trinajstić information content (AvgIpc) is 3.29. The van der Waals surface area contributed by atoms with E-state index in [4.69, 9.17) is 0 Å². The summed E-state index contributed by atoms with van der Waals surface area (Å²) in [6.07, 6.45) is 3.60. The molecule has 158 valence electrons. The zero-order valence-electron chi connectivity index (χ0n) is 18.1. The first kappa shape index (κ1) is 20.5. The van der Waals surface area contributed by atoms with Gasteiger partial charge >= 0.3 is 0 Å². The first-order valence-corrected chi connectivity index (χ1v) is 11.0. The van der Waals surface area contributed by atoms with Crippen LogP contribution < -0.4 is 0 Å². The molecule has 2 nitrogen and oxygen atoms in total. The Balaban J connectivity index is 1.73. The van der Waals surface area contributed by atoms with Crippen molar-refractivity contribution in [3.8, 4) is 28.2 Å². The van der Waals surface area contributed by atoms with E-state index in [1.807, 2.05) is 91.0 Å². The van der Waals surface area contributed by atoms with Crippen molar-refractivity contribution in [2.45, 2.75) is 0 Å². The van der Waals surface area contributed by atoms with Gasteiger partial charge in [0.15, 0.2) is 5.78 Å². The second-order valence-corrected chi connectivity index (χ2v) is 7.80. The van der Waals surface area contributed by atoms with E-state index in [9.17, 15) is 4.79 Å². The van der Waals surface area contributed by atoms with Crippen LogP contribution >= 0.6 is 0 Å². The van der Waals surface area contributed by atoms with E-state index < -0.39 is 0 Å². The molecule has 0 radical (unpaired) electrons. The summed E-state index contributed by atoms with van der Waals surface area (Å²) in [6, 6.07) is 42.6. The quantitative estimate of drug-likeness (QED) is 0.202. The van der Waals surface area contributed by atoms with Crippen molar-refractivity contribution in [1.29, 1.82) is 0 Å². The van der Waals surface area contributed by atoms with Crippen LogP contribution in [0, 0.1) is 0 Å². The average molecular weight is 426 g/mol. The Morgan fingerprint density at radius 3 is 1.73 bits per heavy atom. The third-order valence-corrected chi connectivity index (χ3v) is 5.63. The lowest BCUT2D eigenvalue weighted by molar-refractivity contribution is 0.104. The molecule has 0 spiro atoms. The Kier molecular flexibility index (Phi) is 5.81.